The van der Waals surface area contributed by atoms with Crippen molar-refractivity contribution in [2.24, 2.45) is 0 Å². The molecule has 3 rings (SSSR count). The summed E-state index contributed by atoms with van der Waals surface area (Å²) in [5.74, 6) is 1.66. The molecule has 0 spiro atoms. The SMILES string of the molecule is CCCCc1ccc(NC(=O)CSc2nnc(COc3ccc(Cl)cc3)n2CCCC)cc1. The molecule has 0 aliphatic heterocycles. The van der Waals surface area contributed by atoms with Crippen molar-refractivity contribution in [2.75, 3.05) is 11.1 Å². The van der Waals surface area contributed by atoms with Crippen molar-refractivity contribution in [3.05, 3.63) is 64.9 Å². The first kappa shape index (κ1) is 25.1. The number of amides is 1. The topological polar surface area (TPSA) is 69.0 Å². The Morgan fingerprint density at radius 2 is 1.76 bits per heavy atom. The number of aromatic nitrogens is 3. The first-order valence-corrected chi connectivity index (χ1v) is 12.8. The molecule has 0 aliphatic carbocycles. The average molecular weight is 487 g/mol. The second-order valence-electron chi connectivity index (χ2n) is 7.78. The molecule has 33 heavy (non-hydrogen) atoms. The Balaban J connectivity index is 1.56. The van der Waals surface area contributed by atoms with Crippen LogP contribution >= 0.6 is 23.4 Å². The predicted molar refractivity (Wildman–Crippen MR) is 135 cm³/mol. The summed E-state index contributed by atoms with van der Waals surface area (Å²) in [6.07, 6.45) is 5.46. The van der Waals surface area contributed by atoms with Crippen LogP contribution in [0.25, 0.3) is 0 Å². The lowest BCUT2D eigenvalue weighted by molar-refractivity contribution is -0.113. The quantitative estimate of drug-likeness (QED) is 0.284. The number of carbonyl (C=O) groups is 1. The number of hydrogen-bond donors (Lipinski definition) is 1. The van der Waals surface area contributed by atoms with Crippen molar-refractivity contribution in [3.63, 3.8) is 0 Å². The summed E-state index contributed by atoms with van der Waals surface area (Å²) in [7, 11) is 0. The third kappa shape index (κ3) is 8.09. The van der Waals surface area contributed by atoms with Crippen LogP contribution in [0.2, 0.25) is 5.02 Å². The van der Waals surface area contributed by atoms with E-state index in [0.717, 1.165) is 48.2 Å². The van der Waals surface area contributed by atoms with Crippen LogP contribution in [0.3, 0.4) is 0 Å². The Bertz CT molecular complexity index is 1010. The highest BCUT2D eigenvalue weighted by Gasteiger charge is 2.15. The summed E-state index contributed by atoms with van der Waals surface area (Å²) in [6, 6.07) is 15.3. The van der Waals surface area contributed by atoms with E-state index in [1.165, 1.54) is 30.2 Å². The fourth-order valence-electron chi connectivity index (χ4n) is 3.21. The minimum absolute atomic E-state index is 0.0645. The lowest BCUT2D eigenvalue weighted by Crippen LogP contribution is -2.15. The Labute approximate surface area is 205 Å². The largest absolute Gasteiger partial charge is 0.486 e. The van der Waals surface area contributed by atoms with Gasteiger partial charge >= 0.3 is 0 Å². The van der Waals surface area contributed by atoms with Crippen LogP contribution in [-0.4, -0.2) is 26.4 Å². The molecule has 8 heteroatoms. The zero-order chi connectivity index (χ0) is 23.5. The Morgan fingerprint density at radius 3 is 2.45 bits per heavy atom. The van der Waals surface area contributed by atoms with Crippen molar-refractivity contribution in [2.45, 2.75) is 64.3 Å². The number of rotatable bonds is 13. The number of carbonyl (C=O) groups excluding carboxylic acids is 1. The number of anilines is 1. The van der Waals surface area contributed by atoms with Crippen LogP contribution < -0.4 is 10.1 Å². The van der Waals surface area contributed by atoms with E-state index in [0.29, 0.717) is 11.6 Å². The molecule has 3 aromatic rings. The van der Waals surface area contributed by atoms with Crippen molar-refractivity contribution in [1.82, 2.24) is 14.8 Å². The van der Waals surface area contributed by atoms with E-state index in [1.807, 2.05) is 28.8 Å². The van der Waals surface area contributed by atoms with Crippen LogP contribution in [0.4, 0.5) is 5.69 Å². The molecule has 1 heterocycles. The number of thioether (sulfide) groups is 1. The fraction of sp³-hybridized carbons (Fsp3) is 0.400. The third-order valence-corrected chi connectivity index (χ3v) is 6.32. The summed E-state index contributed by atoms with van der Waals surface area (Å²) in [5.41, 5.74) is 2.10. The maximum atomic E-state index is 12.5. The van der Waals surface area contributed by atoms with Crippen LogP contribution in [0.5, 0.6) is 5.75 Å². The Kier molecular flexibility index (Phi) is 10.1. The van der Waals surface area contributed by atoms with Gasteiger partial charge in [0.15, 0.2) is 11.0 Å². The lowest BCUT2D eigenvalue weighted by Gasteiger charge is -2.11. The van der Waals surface area contributed by atoms with Gasteiger partial charge in [0.1, 0.15) is 12.4 Å². The van der Waals surface area contributed by atoms with Crippen LogP contribution in [0.15, 0.2) is 53.7 Å². The van der Waals surface area contributed by atoms with Gasteiger partial charge in [-0.25, -0.2) is 0 Å². The highest BCUT2D eigenvalue weighted by atomic mass is 35.5. The summed E-state index contributed by atoms with van der Waals surface area (Å²) in [5, 5.41) is 13.0. The van der Waals surface area contributed by atoms with Gasteiger partial charge in [0, 0.05) is 17.3 Å². The zero-order valence-electron chi connectivity index (χ0n) is 19.2. The maximum absolute atomic E-state index is 12.5. The first-order chi connectivity index (χ1) is 16.1. The lowest BCUT2D eigenvalue weighted by atomic mass is 10.1. The van der Waals surface area contributed by atoms with Gasteiger partial charge in [0.25, 0.3) is 0 Å². The number of nitrogens with zero attached hydrogens (tertiary/aromatic N) is 3. The molecule has 0 saturated carbocycles. The van der Waals surface area contributed by atoms with E-state index in [2.05, 4.69) is 41.5 Å². The van der Waals surface area contributed by atoms with E-state index >= 15 is 0 Å². The highest BCUT2D eigenvalue weighted by molar-refractivity contribution is 7.99. The molecule has 0 radical (unpaired) electrons. The molecule has 6 nitrogen and oxygen atoms in total. The van der Waals surface area contributed by atoms with E-state index in [-0.39, 0.29) is 11.7 Å². The molecule has 0 unspecified atom stereocenters. The number of hydrogen-bond acceptors (Lipinski definition) is 5. The molecule has 1 amide bonds. The molecule has 1 N–H and O–H groups in total. The Morgan fingerprint density at radius 1 is 1.03 bits per heavy atom. The average Bonchev–Trinajstić information content (AvgIpc) is 3.22. The molecule has 176 valence electrons. The smallest absolute Gasteiger partial charge is 0.234 e. The van der Waals surface area contributed by atoms with Gasteiger partial charge in [0.2, 0.25) is 5.91 Å². The second-order valence-corrected chi connectivity index (χ2v) is 9.16. The van der Waals surface area contributed by atoms with Gasteiger partial charge in [-0.3, -0.25) is 4.79 Å². The monoisotopic (exact) mass is 486 g/mol. The highest BCUT2D eigenvalue weighted by Crippen LogP contribution is 2.21. The van der Waals surface area contributed by atoms with Gasteiger partial charge in [-0.2, -0.15) is 0 Å². The minimum Gasteiger partial charge on any atom is -0.486 e. The minimum atomic E-state index is -0.0645. The Hall–Kier alpha value is -2.51. The summed E-state index contributed by atoms with van der Waals surface area (Å²) < 4.78 is 7.89. The maximum Gasteiger partial charge on any atom is 0.234 e. The number of nitrogens with one attached hydrogen (secondary N) is 1. The molecular formula is C25H31ClN4O2S. The van der Waals surface area contributed by atoms with Crippen molar-refractivity contribution >= 4 is 35.0 Å². The number of benzene rings is 2. The molecule has 1 aromatic heterocycles. The van der Waals surface area contributed by atoms with E-state index in [4.69, 9.17) is 16.3 Å². The third-order valence-electron chi connectivity index (χ3n) is 5.10. The molecular weight excluding hydrogens is 456 g/mol. The van der Waals surface area contributed by atoms with Crippen LogP contribution in [-0.2, 0) is 24.4 Å². The summed E-state index contributed by atoms with van der Waals surface area (Å²) in [4.78, 5) is 12.5. The molecule has 0 saturated heterocycles. The van der Waals surface area contributed by atoms with Gasteiger partial charge in [-0.05, 0) is 61.2 Å². The van der Waals surface area contributed by atoms with Crippen molar-refractivity contribution in [1.29, 1.82) is 0 Å². The number of aryl methyl sites for hydroxylation is 1. The van der Waals surface area contributed by atoms with Crippen LogP contribution in [0, 0.1) is 0 Å². The fourth-order valence-corrected chi connectivity index (χ4v) is 4.12. The molecule has 0 atom stereocenters. The van der Waals surface area contributed by atoms with Gasteiger partial charge < -0.3 is 14.6 Å². The van der Waals surface area contributed by atoms with Gasteiger partial charge in [-0.1, -0.05) is 62.2 Å². The normalized spacial score (nSPS) is 10.9. The van der Waals surface area contributed by atoms with Crippen LogP contribution in [0.1, 0.15) is 50.9 Å². The first-order valence-electron chi connectivity index (χ1n) is 11.4. The standard InChI is InChI=1S/C25H31ClN4O2S/c1-3-5-7-19-8-12-21(13-9-19)27-24(31)18-33-25-29-28-23(30(25)16-6-4-2)17-32-22-14-10-20(26)11-15-22/h8-15H,3-7,16-18H2,1-2H3,(H,27,31). The molecule has 2 aromatic carbocycles. The zero-order valence-corrected chi connectivity index (χ0v) is 20.8. The second kappa shape index (κ2) is 13.3. The predicted octanol–water partition coefficient (Wildman–Crippen LogP) is 6.38. The molecule has 0 aliphatic rings. The molecule has 0 bridgehead atoms. The van der Waals surface area contributed by atoms with Gasteiger partial charge in [0.05, 0.1) is 5.75 Å². The van der Waals surface area contributed by atoms with E-state index in [1.54, 1.807) is 12.1 Å². The van der Waals surface area contributed by atoms with E-state index in [9.17, 15) is 4.79 Å². The number of halogens is 1. The molecule has 0 fully saturated rings. The van der Waals surface area contributed by atoms with E-state index < -0.39 is 0 Å². The number of unbranched alkanes of at least 4 members (excludes halogenated alkanes) is 2. The summed E-state index contributed by atoms with van der Waals surface area (Å²) in [6.45, 7) is 5.41. The van der Waals surface area contributed by atoms with Gasteiger partial charge in [-0.15, -0.1) is 10.2 Å². The number of ether oxygens (including phenoxy) is 1. The van der Waals surface area contributed by atoms with Crippen molar-refractivity contribution in [3.8, 4) is 5.75 Å². The summed E-state index contributed by atoms with van der Waals surface area (Å²) >= 11 is 7.32. The van der Waals surface area contributed by atoms with Crippen molar-refractivity contribution < 1.29 is 9.53 Å².